The molecule has 4 N–H and O–H groups in total. The maximum absolute atomic E-state index is 11.8. The molecule has 0 heterocycles. The molecule has 1 fully saturated rings. The summed E-state index contributed by atoms with van der Waals surface area (Å²) in [4.78, 5) is 11.8. The van der Waals surface area contributed by atoms with Crippen LogP contribution < -0.4 is 11.1 Å². The molecule has 2 atom stereocenters. The largest absolute Gasteiger partial charge is 0.409 e. The van der Waals surface area contributed by atoms with E-state index in [0.717, 1.165) is 0 Å². The van der Waals surface area contributed by atoms with Crippen LogP contribution in [-0.4, -0.2) is 23.0 Å². The lowest BCUT2D eigenvalue weighted by Crippen LogP contribution is -2.46. The zero-order valence-corrected chi connectivity index (χ0v) is 9.94. The number of nitrogens with two attached hydrogens (primary N) is 1. The SMILES string of the molecule is CCC(C(=O)NC(C)C1CCC1)C(N)=NO. The van der Waals surface area contributed by atoms with E-state index in [1.165, 1.54) is 19.3 Å². The van der Waals surface area contributed by atoms with E-state index >= 15 is 0 Å². The summed E-state index contributed by atoms with van der Waals surface area (Å²) in [5.41, 5.74) is 5.47. The van der Waals surface area contributed by atoms with Gasteiger partial charge in [-0.15, -0.1) is 0 Å². The third kappa shape index (κ3) is 2.87. The maximum Gasteiger partial charge on any atom is 0.231 e. The van der Waals surface area contributed by atoms with Crippen molar-refractivity contribution in [3.63, 3.8) is 0 Å². The number of rotatable bonds is 5. The van der Waals surface area contributed by atoms with E-state index in [1.807, 2.05) is 13.8 Å². The molecular formula is C11H21N3O2. The number of hydrogen-bond donors (Lipinski definition) is 3. The van der Waals surface area contributed by atoms with Crippen LogP contribution in [0.3, 0.4) is 0 Å². The molecule has 0 saturated heterocycles. The minimum Gasteiger partial charge on any atom is -0.409 e. The van der Waals surface area contributed by atoms with Gasteiger partial charge in [-0.2, -0.15) is 0 Å². The second-order valence-electron chi connectivity index (χ2n) is 4.47. The summed E-state index contributed by atoms with van der Waals surface area (Å²) < 4.78 is 0. The average molecular weight is 227 g/mol. The van der Waals surface area contributed by atoms with Crippen LogP contribution in [0.5, 0.6) is 0 Å². The Kier molecular flexibility index (Phi) is 4.58. The number of amidine groups is 1. The monoisotopic (exact) mass is 227 g/mol. The molecule has 0 bridgehead atoms. The second kappa shape index (κ2) is 5.72. The molecule has 16 heavy (non-hydrogen) atoms. The van der Waals surface area contributed by atoms with E-state index in [9.17, 15) is 4.79 Å². The summed E-state index contributed by atoms with van der Waals surface area (Å²) in [6.45, 7) is 3.86. The Bertz CT molecular complexity index is 274. The highest BCUT2D eigenvalue weighted by Crippen LogP contribution is 2.29. The van der Waals surface area contributed by atoms with E-state index in [4.69, 9.17) is 10.9 Å². The van der Waals surface area contributed by atoms with Crippen molar-refractivity contribution in [1.29, 1.82) is 0 Å². The van der Waals surface area contributed by atoms with Gasteiger partial charge in [-0.25, -0.2) is 0 Å². The van der Waals surface area contributed by atoms with Crippen molar-refractivity contribution in [2.24, 2.45) is 22.7 Å². The van der Waals surface area contributed by atoms with E-state index in [-0.39, 0.29) is 17.8 Å². The number of nitrogens with one attached hydrogen (secondary N) is 1. The molecule has 0 spiro atoms. The highest BCUT2D eigenvalue weighted by Gasteiger charge is 2.28. The van der Waals surface area contributed by atoms with Gasteiger partial charge in [-0.1, -0.05) is 18.5 Å². The second-order valence-corrected chi connectivity index (χ2v) is 4.47. The number of carbonyl (C=O) groups excluding carboxylic acids is 1. The third-order valence-electron chi connectivity index (χ3n) is 3.42. The quantitative estimate of drug-likeness (QED) is 0.284. The van der Waals surface area contributed by atoms with Crippen molar-refractivity contribution >= 4 is 11.7 Å². The van der Waals surface area contributed by atoms with Gasteiger partial charge in [0.15, 0.2) is 5.84 Å². The van der Waals surface area contributed by atoms with Gasteiger partial charge in [0.2, 0.25) is 5.91 Å². The van der Waals surface area contributed by atoms with Gasteiger partial charge in [-0.3, -0.25) is 4.79 Å². The van der Waals surface area contributed by atoms with Crippen molar-refractivity contribution in [2.75, 3.05) is 0 Å². The lowest BCUT2D eigenvalue weighted by atomic mass is 9.80. The standard InChI is InChI=1S/C11H21N3O2/c1-3-9(10(12)14-16)11(15)13-7(2)8-5-4-6-8/h7-9,16H,3-6H2,1-2H3,(H2,12,14)(H,13,15). The topological polar surface area (TPSA) is 87.7 Å². The smallest absolute Gasteiger partial charge is 0.231 e. The highest BCUT2D eigenvalue weighted by atomic mass is 16.4. The number of carbonyl (C=O) groups is 1. The Morgan fingerprint density at radius 3 is 2.62 bits per heavy atom. The Morgan fingerprint density at radius 2 is 2.25 bits per heavy atom. The van der Waals surface area contributed by atoms with Crippen LogP contribution in [0.25, 0.3) is 0 Å². The molecule has 0 aromatic carbocycles. The summed E-state index contributed by atoms with van der Waals surface area (Å²) in [7, 11) is 0. The van der Waals surface area contributed by atoms with E-state index in [0.29, 0.717) is 12.3 Å². The maximum atomic E-state index is 11.8. The summed E-state index contributed by atoms with van der Waals surface area (Å²) >= 11 is 0. The molecule has 1 aliphatic rings. The fourth-order valence-electron chi connectivity index (χ4n) is 1.98. The highest BCUT2D eigenvalue weighted by molar-refractivity contribution is 6.02. The Balaban J connectivity index is 2.48. The van der Waals surface area contributed by atoms with E-state index < -0.39 is 5.92 Å². The molecule has 1 aliphatic carbocycles. The lowest BCUT2D eigenvalue weighted by Gasteiger charge is -2.32. The van der Waals surface area contributed by atoms with Gasteiger partial charge in [0.1, 0.15) is 0 Å². The van der Waals surface area contributed by atoms with Gasteiger partial charge in [-0.05, 0) is 32.1 Å². The summed E-state index contributed by atoms with van der Waals surface area (Å²) in [5.74, 6) is -0.0840. The fraction of sp³-hybridized carbons (Fsp3) is 0.818. The predicted molar refractivity (Wildman–Crippen MR) is 62.1 cm³/mol. The van der Waals surface area contributed by atoms with Crippen LogP contribution in [0.15, 0.2) is 5.16 Å². The number of hydrogen-bond acceptors (Lipinski definition) is 3. The lowest BCUT2D eigenvalue weighted by molar-refractivity contribution is -0.124. The van der Waals surface area contributed by atoms with Gasteiger partial charge in [0.05, 0.1) is 5.92 Å². The van der Waals surface area contributed by atoms with Gasteiger partial charge in [0, 0.05) is 6.04 Å². The van der Waals surface area contributed by atoms with Gasteiger partial charge in [0.25, 0.3) is 0 Å². The Labute approximate surface area is 96.1 Å². The minimum absolute atomic E-state index is 0.0131. The zero-order chi connectivity index (χ0) is 12.1. The van der Waals surface area contributed by atoms with Crippen molar-refractivity contribution in [3.8, 4) is 0 Å². The van der Waals surface area contributed by atoms with E-state index in [2.05, 4.69) is 10.5 Å². The zero-order valence-electron chi connectivity index (χ0n) is 9.94. The molecule has 1 amide bonds. The molecule has 1 rings (SSSR count). The predicted octanol–water partition coefficient (Wildman–Crippen LogP) is 1.06. The molecule has 5 heteroatoms. The first-order valence-corrected chi connectivity index (χ1v) is 5.87. The van der Waals surface area contributed by atoms with Crippen molar-refractivity contribution in [3.05, 3.63) is 0 Å². The molecule has 0 aromatic heterocycles. The van der Waals surface area contributed by atoms with Crippen LogP contribution in [0, 0.1) is 11.8 Å². The van der Waals surface area contributed by atoms with Gasteiger partial charge < -0.3 is 16.3 Å². The summed E-state index contributed by atoms with van der Waals surface area (Å²) in [5, 5.41) is 14.4. The van der Waals surface area contributed by atoms with Crippen LogP contribution in [-0.2, 0) is 4.79 Å². The molecule has 1 saturated carbocycles. The Hall–Kier alpha value is -1.26. The molecule has 92 valence electrons. The average Bonchev–Trinajstić information content (AvgIpc) is 2.15. The first-order chi connectivity index (χ1) is 7.60. The third-order valence-corrected chi connectivity index (χ3v) is 3.42. The normalized spacial score (nSPS) is 21.0. The van der Waals surface area contributed by atoms with E-state index in [1.54, 1.807) is 0 Å². The van der Waals surface area contributed by atoms with Crippen LogP contribution in [0.2, 0.25) is 0 Å². The minimum atomic E-state index is -0.521. The molecule has 2 unspecified atom stereocenters. The summed E-state index contributed by atoms with van der Waals surface area (Å²) in [6, 6.07) is 0.182. The van der Waals surface area contributed by atoms with Crippen LogP contribution in [0.1, 0.15) is 39.5 Å². The van der Waals surface area contributed by atoms with Gasteiger partial charge >= 0.3 is 0 Å². The van der Waals surface area contributed by atoms with Crippen molar-refractivity contribution in [1.82, 2.24) is 5.32 Å². The fourth-order valence-corrected chi connectivity index (χ4v) is 1.98. The molecule has 0 radical (unpaired) electrons. The Morgan fingerprint density at radius 1 is 1.62 bits per heavy atom. The van der Waals surface area contributed by atoms with Crippen molar-refractivity contribution in [2.45, 2.75) is 45.6 Å². The van der Waals surface area contributed by atoms with Crippen LogP contribution >= 0.6 is 0 Å². The molecule has 0 aliphatic heterocycles. The summed E-state index contributed by atoms with van der Waals surface area (Å²) in [6.07, 6.45) is 4.16. The van der Waals surface area contributed by atoms with Crippen molar-refractivity contribution < 1.29 is 10.0 Å². The molecule has 0 aromatic rings. The number of oxime groups is 1. The number of nitrogens with zero attached hydrogens (tertiary/aromatic N) is 1. The molecular weight excluding hydrogens is 206 g/mol. The first-order valence-electron chi connectivity index (χ1n) is 5.87. The molecule has 5 nitrogen and oxygen atoms in total. The first kappa shape index (κ1) is 12.8. The number of amides is 1. The van der Waals surface area contributed by atoms with Crippen LogP contribution in [0.4, 0.5) is 0 Å².